The first-order valence-corrected chi connectivity index (χ1v) is 9.70. The first-order valence-electron chi connectivity index (χ1n) is 9.70. The molecule has 1 aliphatic heterocycles. The zero-order valence-corrected chi connectivity index (χ0v) is 17.9. The van der Waals surface area contributed by atoms with Crippen molar-refractivity contribution in [1.29, 1.82) is 0 Å². The Balaban J connectivity index is 1.75. The molecule has 0 unspecified atom stereocenters. The van der Waals surface area contributed by atoms with Gasteiger partial charge in [-0.3, -0.25) is 0 Å². The lowest BCUT2D eigenvalue weighted by Gasteiger charge is -2.32. The smallest absolute Gasteiger partial charge is 0.444 e. The maximum Gasteiger partial charge on any atom is 0.494 e. The predicted molar refractivity (Wildman–Crippen MR) is 107 cm³/mol. The normalized spacial score (nSPS) is 22.4. The maximum atomic E-state index is 12.5. The van der Waals surface area contributed by atoms with E-state index in [0.29, 0.717) is 0 Å². The molecule has 1 heterocycles. The van der Waals surface area contributed by atoms with Gasteiger partial charge in [-0.2, -0.15) is 0 Å². The van der Waals surface area contributed by atoms with Crippen molar-refractivity contribution >= 4 is 18.7 Å². The summed E-state index contributed by atoms with van der Waals surface area (Å²) in [4.78, 5) is 14.2. The molecular formula is C21H32BNO4. The summed E-state index contributed by atoms with van der Waals surface area (Å²) in [6.45, 7) is 13.9. The average molecular weight is 373 g/mol. The molecule has 6 heteroatoms. The molecule has 0 atom stereocenters. The predicted octanol–water partition coefficient (Wildman–Crippen LogP) is 3.84. The third-order valence-electron chi connectivity index (χ3n) is 6.01. The summed E-state index contributed by atoms with van der Waals surface area (Å²) in [6, 6.07) is 8.24. The van der Waals surface area contributed by atoms with Gasteiger partial charge in [0.1, 0.15) is 5.60 Å². The number of benzene rings is 1. The highest BCUT2D eigenvalue weighted by molar-refractivity contribution is 6.62. The van der Waals surface area contributed by atoms with E-state index in [1.165, 1.54) is 0 Å². The van der Waals surface area contributed by atoms with E-state index < -0.39 is 5.60 Å². The first-order chi connectivity index (χ1) is 12.3. The average Bonchev–Trinajstić information content (AvgIpc) is 3.29. The van der Waals surface area contributed by atoms with Crippen molar-refractivity contribution < 1.29 is 18.8 Å². The summed E-state index contributed by atoms with van der Waals surface area (Å²) >= 11 is 0. The molecule has 1 amide bonds. The second kappa shape index (κ2) is 6.24. The van der Waals surface area contributed by atoms with Crippen LogP contribution in [0, 0.1) is 0 Å². The molecule has 1 aromatic carbocycles. The second-order valence-corrected chi connectivity index (χ2v) is 9.78. The van der Waals surface area contributed by atoms with Crippen LogP contribution >= 0.6 is 0 Å². The SMILES string of the molecule is CN(C(=O)OC(C)(C)C)C1(c2ccc(B3OC(C)(C)C(C)(C)O3)cc2)CC1. The van der Waals surface area contributed by atoms with Gasteiger partial charge in [-0.1, -0.05) is 24.3 Å². The van der Waals surface area contributed by atoms with Crippen LogP contribution in [0.15, 0.2) is 24.3 Å². The van der Waals surface area contributed by atoms with E-state index in [-0.39, 0.29) is 30.0 Å². The van der Waals surface area contributed by atoms with Crippen molar-refractivity contribution in [2.24, 2.45) is 0 Å². The third kappa shape index (κ3) is 3.74. The van der Waals surface area contributed by atoms with Crippen LogP contribution in [0.5, 0.6) is 0 Å². The van der Waals surface area contributed by atoms with Crippen LogP contribution < -0.4 is 5.46 Å². The van der Waals surface area contributed by atoms with Crippen LogP contribution in [-0.2, 0) is 19.6 Å². The molecule has 5 nitrogen and oxygen atoms in total. The standard InChI is InChI=1S/C21H32BNO4/c1-18(2,3)25-17(24)23(8)21(13-14-21)15-9-11-16(12-10-15)22-26-19(4,5)20(6,7)27-22/h9-12H,13-14H2,1-8H3. The number of amides is 1. The van der Waals surface area contributed by atoms with Crippen molar-refractivity contribution in [3.8, 4) is 0 Å². The molecule has 27 heavy (non-hydrogen) atoms. The fraction of sp³-hybridized carbons (Fsp3) is 0.667. The van der Waals surface area contributed by atoms with E-state index in [9.17, 15) is 4.79 Å². The van der Waals surface area contributed by atoms with Gasteiger partial charge in [0.25, 0.3) is 0 Å². The van der Waals surface area contributed by atoms with Crippen LogP contribution in [0.25, 0.3) is 0 Å². The van der Waals surface area contributed by atoms with Gasteiger partial charge >= 0.3 is 13.2 Å². The number of carbonyl (C=O) groups is 1. The molecular weight excluding hydrogens is 341 g/mol. The number of ether oxygens (including phenoxy) is 1. The number of hydrogen-bond donors (Lipinski definition) is 0. The maximum absolute atomic E-state index is 12.5. The van der Waals surface area contributed by atoms with Crippen LogP contribution in [0.3, 0.4) is 0 Å². The Bertz CT molecular complexity index is 701. The van der Waals surface area contributed by atoms with Gasteiger partial charge in [0.05, 0.1) is 16.7 Å². The fourth-order valence-corrected chi connectivity index (χ4v) is 3.37. The van der Waals surface area contributed by atoms with Crippen molar-refractivity contribution in [3.05, 3.63) is 29.8 Å². The van der Waals surface area contributed by atoms with Crippen LogP contribution in [0.2, 0.25) is 0 Å². The van der Waals surface area contributed by atoms with Crippen LogP contribution in [0.1, 0.15) is 66.9 Å². The molecule has 2 fully saturated rings. The Morgan fingerprint density at radius 1 is 1.04 bits per heavy atom. The number of rotatable bonds is 3. The minimum atomic E-state index is -0.498. The lowest BCUT2D eigenvalue weighted by molar-refractivity contribution is 0.00578. The van der Waals surface area contributed by atoms with E-state index in [1.54, 1.807) is 4.90 Å². The summed E-state index contributed by atoms with van der Waals surface area (Å²) in [5.74, 6) is 0. The number of carbonyl (C=O) groups excluding carboxylic acids is 1. The molecule has 0 spiro atoms. The molecule has 1 aliphatic carbocycles. The topological polar surface area (TPSA) is 48.0 Å². The number of hydrogen-bond acceptors (Lipinski definition) is 4. The Morgan fingerprint density at radius 2 is 1.52 bits per heavy atom. The Labute approximate surface area is 163 Å². The lowest BCUT2D eigenvalue weighted by atomic mass is 9.78. The van der Waals surface area contributed by atoms with Crippen LogP contribution in [0.4, 0.5) is 4.79 Å². The molecule has 0 radical (unpaired) electrons. The highest BCUT2D eigenvalue weighted by Crippen LogP contribution is 2.50. The number of nitrogens with zero attached hydrogens (tertiary/aromatic N) is 1. The van der Waals surface area contributed by atoms with Gasteiger partial charge in [0.15, 0.2) is 0 Å². The highest BCUT2D eigenvalue weighted by atomic mass is 16.7. The Hall–Kier alpha value is -1.53. The zero-order chi connectivity index (χ0) is 20.3. The molecule has 0 bridgehead atoms. The largest absolute Gasteiger partial charge is 0.494 e. The van der Waals surface area contributed by atoms with Crippen molar-refractivity contribution in [2.75, 3.05) is 7.05 Å². The molecule has 0 aromatic heterocycles. The Morgan fingerprint density at radius 3 is 1.93 bits per heavy atom. The van der Waals surface area contributed by atoms with Gasteiger partial charge < -0.3 is 18.9 Å². The first kappa shape index (κ1) is 20.2. The van der Waals surface area contributed by atoms with Gasteiger partial charge in [-0.05, 0) is 72.3 Å². The minimum absolute atomic E-state index is 0.267. The van der Waals surface area contributed by atoms with Gasteiger partial charge in [0, 0.05) is 7.05 Å². The monoisotopic (exact) mass is 373 g/mol. The molecule has 1 saturated heterocycles. The van der Waals surface area contributed by atoms with Crippen LogP contribution in [-0.4, -0.2) is 42.0 Å². The third-order valence-corrected chi connectivity index (χ3v) is 6.01. The fourth-order valence-electron chi connectivity index (χ4n) is 3.37. The van der Waals surface area contributed by atoms with Crippen molar-refractivity contribution in [3.63, 3.8) is 0 Å². The highest BCUT2D eigenvalue weighted by Gasteiger charge is 2.53. The molecule has 1 saturated carbocycles. The van der Waals surface area contributed by atoms with E-state index in [1.807, 2.05) is 40.0 Å². The summed E-state index contributed by atoms with van der Waals surface area (Å²) in [5.41, 5.74) is 0.638. The zero-order valence-electron chi connectivity index (χ0n) is 17.9. The van der Waals surface area contributed by atoms with Crippen molar-refractivity contribution in [1.82, 2.24) is 4.90 Å². The lowest BCUT2D eigenvalue weighted by Crippen LogP contribution is -2.41. The molecule has 3 rings (SSSR count). The van der Waals surface area contributed by atoms with E-state index in [2.05, 4.69) is 39.8 Å². The van der Waals surface area contributed by atoms with Crippen molar-refractivity contribution in [2.45, 2.75) is 83.6 Å². The molecule has 2 aliphatic rings. The van der Waals surface area contributed by atoms with Gasteiger partial charge in [-0.15, -0.1) is 0 Å². The summed E-state index contributed by atoms with van der Waals surface area (Å²) < 4.78 is 17.8. The van der Waals surface area contributed by atoms with Gasteiger partial charge in [0.2, 0.25) is 0 Å². The second-order valence-electron chi connectivity index (χ2n) is 9.78. The van der Waals surface area contributed by atoms with E-state index in [0.717, 1.165) is 23.9 Å². The van der Waals surface area contributed by atoms with E-state index >= 15 is 0 Å². The summed E-state index contributed by atoms with van der Waals surface area (Å²) in [7, 11) is 1.45. The Kier molecular flexibility index (Phi) is 4.68. The molecule has 1 aromatic rings. The van der Waals surface area contributed by atoms with E-state index in [4.69, 9.17) is 14.0 Å². The summed E-state index contributed by atoms with van der Waals surface area (Å²) in [6.07, 6.45) is 1.60. The quantitative estimate of drug-likeness (QED) is 0.756. The summed E-state index contributed by atoms with van der Waals surface area (Å²) in [5, 5.41) is 0. The van der Waals surface area contributed by atoms with Gasteiger partial charge in [-0.25, -0.2) is 4.79 Å². The molecule has 148 valence electrons. The minimum Gasteiger partial charge on any atom is -0.444 e. The molecule has 0 N–H and O–H groups in total.